The van der Waals surface area contributed by atoms with Crippen LogP contribution in [0.2, 0.25) is 0 Å². The van der Waals surface area contributed by atoms with E-state index >= 15 is 0 Å². The van der Waals surface area contributed by atoms with Gasteiger partial charge in [-0.05, 0) is 29.0 Å². The van der Waals surface area contributed by atoms with E-state index in [2.05, 4.69) is 5.32 Å². The average molecular weight is 481 g/mol. The third-order valence-corrected chi connectivity index (χ3v) is 7.35. The number of ether oxygens (including phenoxy) is 1. The summed E-state index contributed by atoms with van der Waals surface area (Å²) < 4.78 is 46.3. The molecule has 1 N–H and O–H groups in total. The lowest BCUT2D eigenvalue weighted by Crippen LogP contribution is -2.36. The van der Waals surface area contributed by atoms with Gasteiger partial charge in [0.1, 0.15) is 9.75 Å². The fourth-order valence-electron chi connectivity index (χ4n) is 3.69. The maximum absolute atomic E-state index is 13.9. The summed E-state index contributed by atoms with van der Waals surface area (Å²) in [6.07, 6.45) is -3.89. The average Bonchev–Trinajstić information content (AvgIpc) is 3.38. The van der Waals surface area contributed by atoms with Crippen LogP contribution in [0.15, 0.2) is 41.8 Å². The molecule has 0 bridgehead atoms. The summed E-state index contributed by atoms with van der Waals surface area (Å²) in [7, 11) is 1.09. The van der Waals surface area contributed by atoms with E-state index < -0.39 is 22.9 Å². The number of benzene rings is 1. The van der Waals surface area contributed by atoms with Gasteiger partial charge in [-0.1, -0.05) is 30.3 Å². The molecule has 10 heteroatoms. The molecule has 0 saturated heterocycles. The van der Waals surface area contributed by atoms with E-state index in [9.17, 15) is 22.8 Å². The highest BCUT2D eigenvalue weighted by Gasteiger charge is 2.40. The topological polar surface area (TPSA) is 58.6 Å². The molecule has 0 atom stereocenters. The zero-order valence-electron chi connectivity index (χ0n) is 17.0. The Morgan fingerprint density at radius 1 is 1.19 bits per heavy atom. The predicted molar refractivity (Wildman–Crippen MR) is 118 cm³/mol. The highest BCUT2D eigenvalue weighted by atomic mass is 32.1. The van der Waals surface area contributed by atoms with Gasteiger partial charge < -0.3 is 10.1 Å². The van der Waals surface area contributed by atoms with E-state index in [-0.39, 0.29) is 39.6 Å². The molecule has 1 amide bonds. The zero-order chi connectivity index (χ0) is 22.9. The van der Waals surface area contributed by atoms with Crippen LogP contribution in [0.3, 0.4) is 0 Å². The van der Waals surface area contributed by atoms with Crippen LogP contribution < -0.4 is 5.32 Å². The first-order valence-corrected chi connectivity index (χ1v) is 11.4. The highest BCUT2D eigenvalue weighted by Crippen LogP contribution is 2.48. The summed E-state index contributed by atoms with van der Waals surface area (Å²) in [5, 5.41) is 4.59. The SMILES string of the molecule is COC(=O)c1sc(C(F)(F)F)c(-c2ccccc2)c1NC(=O)CN1CCc2sccc2C1. The Bertz CT molecular complexity index is 1140. The monoisotopic (exact) mass is 480 g/mol. The van der Waals surface area contributed by atoms with Crippen molar-refractivity contribution in [2.24, 2.45) is 0 Å². The number of carbonyl (C=O) groups is 2. The van der Waals surface area contributed by atoms with Crippen molar-refractivity contribution in [3.05, 3.63) is 62.0 Å². The van der Waals surface area contributed by atoms with Gasteiger partial charge in [-0.25, -0.2) is 4.79 Å². The molecule has 0 fully saturated rings. The molecule has 0 aliphatic carbocycles. The van der Waals surface area contributed by atoms with Gasteiger partial charge in [0.05, 0.1) is 19.3 Å². The first-order valence-electron chi connectivity index (χ1n) is 9.73. The lowest BCUT2D eigenvalue weighted by Gasteiger charge is -2.26. The molecule has 4 rings (SSSR count). The number of halogens is 3. The van der Waals surface area contributed by atoms with Gasteiger partial charge in [-0.2, -0.15) is 13.2 Å². The second kappa shape index (κ2) is 9.05. The number of nitrogens with one attached hydrogen (secondary N) is 1. The van der Waals surface area contributed by atoms with Crippen LogP contribution in [0.4, 0.5) is 18.9 Å². The number of fused-ring (bicyclic) bond motifs is 1. The minimum absolute atomic E-state index is 0.00132. The summed E-state index contributed by atoms with van der Waals surface area (Å²) >= 11 is 1.95. The first kappa shape index (κ1) is 22.5. The van der Waals surface area contributed by atoms with Gasteiger partial charge in [-0.15, -0.1) is 22.7 Å². The number of hydrogen-bond acceptors (Lipinski definition) is 6. The highest BCUT2D eigenvalue weighted by molar-refractivity contribution is 7.15. The standard InChI is InChI=1S/C22H19F3N2O3S2/c1-30-21(29)19-18(17(13-5-3-2-4-6-13)20(32-19)22(23,24)25)26-16(28)12-27-9-7-15-14(11-27)8-10-31-15/h2-6,8,10H,7,9,11-12H2,1H3,(H,26,28). The summed E-state index contributed by atoms with van der Waals surface area (Å²) in [4.78, 5) is 27.1. The molecule has 0 spiro atoms. The van der Waals surface area contributed by atoms with Gasteiger partial charge in [0.15, 0.2) is 0 Å². The predicted octanol–water partition coefficient (Wildman–Crippen LogP) is 5.28. The molecule has 168 valence electrons. The molecule has 3 heterocycles. The van der Waals surface area contributed by atoms with Crippen molar-refractivity contribution in [2.45, 2.75) is 19.1 Å². The Labute approximate surface area is 190 Å². The molecule has 0 unspecified atom stereocenters. The number of nitrogens with zero attached hydrogens (tertiary/aromatic N) is 1. The van der Waals surface area contributed by atoms with E-state index in [1.165, 1.54) is 17.0 Å². The van der Waals surface area contributed by atoms with Gasteiger partial charge >= 0.3 is 12.1 Å². The largest absolute Gasteiger partial charge is 0.465 e. The van der Waals surface area contributed by atoms with Crippen molar-refractivity contribution >= 4 is 40.2 Å². The number of carbonyl (C=O) groups excluding carboxylic acids is 2. The van der Waals surface area contributed by atoms with Crippen molar-refractivity contribution in [2.75, 3.05) is 25.5 Å². The minimum Gasteiger partial charge on any atom is -0.465 e. The molecule has 1 aliphatic rings. The number of rotatable bonds is 5. The smallest absolute Gasteiger partial charge is 0.426 e. The molecule has 1 aliphatic heterocycles. The summed E-state index contributed by atoms with van der Waals surface area (Å²) in [6.45, 7) is 1.27. The van der Waals surface area contributed by atoms with E-state index in [0.717, 1.165) is 19.1 Å². The maximum Gasteiger partial charge on any atom is 0.426 e. The van der Waals surface area contributed by atoms with Crippen LogP contribution in [0, 0.1) is 0 Å². The summed E-state index contributed by atoms with van der Waals surface area (Å²) in [6, 6.07) is 9.91. The fraction of sp³-hybridized carbons (Fsp3) is 0.273. The van der Waals surface area contributed by atoms with Crippen LogP contribution in [0.25, 0.3) is 11.1 Å². The zero-order valence-corrected chi connectivity index (χ0v) is 18.6. The summed E-state index contributed by atoms with van der Waals surface area (Å²) in [5.41, 5.74) is 1.01. The first-order chi connectivity index (χ1) is 15.3. The molecule has 0 saturated carbocycles. The van der Waals surface area contributed by atoms with E-state index in [4.69, 9.17) is 4.74 Å². The van der Waals surface area contributed by atoms with Gasteiger partial charge in [0.25, 0.3) is 0 Å². The van der Waals surface area contributed by atoms with Crippen LogP contribution in [-0.4, -0.2) is 37.0 Å². The second-order valence-corrected chi connectivity index (χ2v) is 9.26. The molecule has 0 radical (unpaired) electrons. The third kappa shape index (κ3) is 4.57. The number of hydrogen-bond donors (Lipinski definition) is 1. The van der Waals surface area contributed by atoms with E-state index in [1.54, 1.807) is 29.5 Å². The molecular weight excluding hydrogens is 461 g/mol. The van der Waals surface area contributed by atoms with Crippen LogP contribution in [0.5, 0.6) is 0 Å². The fourth-order valence-corrected chi connectivity index (χ4v) is 5.64. The number of anilines is 1. The van der Waals surface area contributed by atoms with Crippen molar-refractivity contribution in [3.8, 4) is 11.1 Å². The number of methoxy groups -OCH3 is 1. The molecule has 2 aromatic heterocycles. The van der Waals surface area contributed by atoms with Gasteiger partial charge in [-0.3, -0.25) is 9.69 Å². The van der Waals surface area contributed by atoms with Crippen molar-refractivity contribution in [1.29, 1.82) is 0 Å². The minimum atomic E-state index is -4.70. The van der Waals surface area contributed by atoms with Crippen molar-refractivity contribution in [1.82, 2.24) is 4.90 Å². The Kier molecular flexibility index (Phi) is 6.36. The number of thiophene rings is 2. The Balaban J connectivity index is 1.68. The number of amides is 1. The van der Waals surface area contributed by atoms with E-state index in [1.807, 2.05) is 16.3 Å². The third-order valence-electron chi connectivity index (χ3n) is 5.12. The van der Waals surface area contributed by atoms with Crippen LogP contribution >= 0.6 is 22.7 Å². The molecule has 32 heavy (non-hydrogen) atoms. The summed E-state index contributed by atoms with van der Waals surface area (Å²) in [5.74, 6) is -1.42. The molecule has 3 aromatic rings. The van der Waals surface area contributed by atoms with Gasteiger partial charge in [0.2, 0.25) is 5.91 Å². The Morgan fingerprint density at radius 2 is 1.94 bits per heavy atom. The number of esters is 1. The van der Waals surface area contributed by atoms with Crippen molar-refractivity contribution < 1.29 is 27.5 Å². The Morgan fingerprint density at radius 3 is 2.62 bits per heavy atom. The maximum atomic E-state index is 13.9. The van der Waals surface area contributed by atoms with Crippen LogP contribution in [-0.2, 0) is 28.7 Å². The lowest BCUT2D eigenvalue weighted by atomic mass is 10.0. The molecule has 1 aromatic carbocycles. The second-order valence-electron chi connectivity index (χ2n) is 7.24. The van der Waals surface area contributed by atoms with Crippen molar-refractivity contribution in [3.63, 3.8) is 0 Å². The lowest BCUT2D eigenvalue weighted by molar-refractivity contribution is -0.133. The van der Waals surface area contributed by atoms with Crippen LogP contribution in [0.1, 0.15) is 25.0 Å². The molecule has 5 nitrogen and oxygen atoms in total. The normalized spacial score (nSPS) is 14.1. The molecular formula is C22H19F3N2O3S2. The number of alkyl halides is 3. The van der Waals surface area contributed by atoms with Gasteiger partial charge in [0, 0.05) is 23.5 Å². The van der Waals surface area contributed by atoms with E-state index in [0.29, 0.717) is 13.1 Å². The Hall–Kier alpha value is -2.69. The quantitative estimate of drug-likeness (QED) is 0.505.